The van der Waals surface area contributed by atoms with Crippen molar-refractivity contribution in [3.63, 3.8) is 0 Å². The van der Waals surface area contributed by atoms with Gasteiger partial charge in [0.05, 0.1) is 12.9 Å². The van der Waals surface area contributed by atoms with Gasteiger partial charge in [0.25, 0.3) is 0 Å². The van der Waals surface area contributed by atoms with Crippen LogP contribution in [-0.4, -0.2) is 63.1 Å². The number of imidazole rings is 1. The van der Waals surface area contributed by atoms with Gasteiger partial charge >= 0.3 is 10.3 Å². The lowest BCUT2D eigenvalue weighted by Gasteiger charge is -2.16. The molecule has 14 heteroatoms. The first-order chi connectivity index (χ1) is 11.2. The highest BCUT2D eigenvalue weighted by Gasteiger charge is 2.45. The number of fused-ring (bicyclic) bond motifs is 1. The monoisotopic (exact) mass is 472 g/mol. The van der Waals surface area contributed by atoms with Crippen molar-refractivity contribution in [2.45, 2.75) is 24.5 Å². The molecule has 2 aromatic rings. The normalized spacial score (nSPS) is 27.8. The van der Waals surface area contributed by atoms with E-state index in [1.807, 2.05) is 22.6 Å². The van der Waals surface area contributed by atoms with E-state index >= 15 is 0 Å². The van der Waals surface area contributed by atoms with E-state index in [-0.39, 0.29) is 5.82 Å². The Hall–Kier alpha value is -1.17. The zero-order valence-electron chi connectivity index (χ0n) is 11.9. The third kappa shape index (κ3) is 3.30. The zero-order valence-corrected chi connectivity index (χ0v) is 14.8. The summed E-state index contributed by atoms with van der Waals surface area (Å²) in [6.07, 6.45) is -3.61. The van der Waals surface area contributed by atoms with Gasteiger partial charge in [0.15, 0.2) is 21.5 Å². The van der Waals surface area contributed by atoms with E-state index in [0.29, 0.717) is 15.0 Å². The second-order valence-electron chi connectivity index (χ2n) is 5.03. The molecule has 4 unspecified atom stereocenters. The van der Waals surface area contributed by atoms with Gasteiger partial charge in [-0.2, -0.15) is 8.42 Å². The Morgan fingerprint density at radius 2 is 2.08 bits per heavy atom. The third-order valence-corrected chi connectivity index (χ3v) is 4.38. The zero-order chi connectivity index (χ0) is 17.6. The third-order valence-electron chi connectivity index (χ3n) is 3.43. The summed E-state index contributed by atoms with van der Waals surface area (Å²) < 4.78 is 33.3. The fourth-order valence-electron chi connectivity index (χ4n) is 2.36. The second kappa shape index (κ2) is 6.28. The molecule has 12 nitrogen and oxygen atoms in total. The molecule has 0 aliphatic carbocycles. The number of aromatic nitrogens is 4. The number of ether oxygens (including phenoxy) is 1. The maximum absolute atomic E-state index is 10.8. The van der Waals surface area contributed by atoms with Crippen molar-refractivity contribution in [1.82, 2.24) is 19.5 Å². The van der Waals surface area contributed by atoms with Gasteiger partial charge in [0, 0.05) is 22.6 Å². The standard InChI is InChI=1S/C10H13IN6O6S/c11-10-15-7(12)4-8(16-10)17(2-14-4)9-6(19)5(18)3(23-9)1-22-24(13,20)21/h2-3,5-6,9,18-19H,1H2,(H2,12,15,16)(H2,13,20,21). The average Bonchev–Trinajstić information content (AvgIpc) is 3.00. The molecule has 1 fully saturated rings. The molecule has 1 aliphatic heterocycles. The van der Waals surface area contributed by atoms with Gasteiger partial charge in [-0.1, -0.05) is 0 Å². The van der Waals surface area contributed by atoms with Gasteiger partial charge in [-0.15, -0.1) is 0 Å². The summed E-state index contributed by atoms with van der Waals surface area (Å²) in [6.45, 7) is -0.547. The molecule has 24 heavy (non-hydrogen) atoms. The number of hydrogen-bond acceptors (Lipinski definition) is 10. The number of nitrogens with zero attached hydrogens (tertiary/aromatic N) is 4. The molecule has 132 valence electrons. The van der Waals surface area contributed by atoms with Crippen molar-refractivity contribution in [3.8, 4) is 0 Å². The SMILES string of the molecule is Nc1nc(I)nc2c1ncn2C1OC(COS(N)(=O)=O)C(O)C1O. The number of aliphatic hydroxyl groups excluding tert-OH is 2. The molecule has 0 saturated carbocycles. The Morgan fingerprint density at radius 3 is 2.75 bits per heavy atom. The highest BCUT2D eigenvalue weighted by molar-refractivity contribution is 14.1. The summed E-state index contributed by atoms with van der Waals surface area (Å²) in [4.78, 5) is 12.2. The lowest BCUT2D eigenvalue weighted by molar-refractivity contribution is -0.0467. The first-order valence-corrected chi connectivity index (χ1v) is 9.06. The largest absolute Gasteiger partial charge is 0.387 e. The van der Waals surface area contributed by atoms with E-state index in [0.717, 1.165) is 0 Å². The lowest BCUT2D eigenvalue weighted by Crippen LogP contribution is -2.35. The van der Waals surface area contributed by atoms with Crippen molar-refractivity contribution >= 4 is 49.9 Å². The fourth-order valence-corrected chi connectivity index (χ4v) is 3.17. The second-order valence-corrected chi connectivity index (χ2v) is 7.21. The van der Waals surface area contributed by atoms with Crippen LogP contribution in [0.2, 0.25) is 0 Å². The highest BCUT2D eigenvalue weighted by Crippen LogP contribution is 2.32. The van der Waals surface area contributed by atoms with Gasteiger partial charge in [0.2, 0.25) is 0 Å². The minimum Gasteiger partial charge on any atom is -0.387 e. The minimum absolute atomic E-state index is 0.158. The minimum atomic E-state index is -4.20. The molecule has 3 rings (SSSR count). The van der Waals surface area contributed by atoms with Crippen LogP contribution in [0.4, 0.5) is 5.82 Å². The predicted molar refractivity (Wildman–Crippen MR) is 87.4 cm³/mol. The van der Waals surface area contributed by atoms with Gasteiger partial charge in [-0.25, -0.2) is 20.1 Å². The summed E-state index contributed by atoms with van der Waals surface area (Å²) in [5.41, 5.74) is 6.38. The van der Waals surface area contributed by atoms with Gasteiger partial charge in [-0.3, -0.25) is 8.75 Å². The van der Waals surface area contributed by atoms with E-state index in [1.165, 1.54) is 10.9 Å². The number of hydrogen-bond donors (Lipinski definition) is 4. The summed E-state index contributed by atoms with van der Waals surface area (Å²) >= 11 is 1.87. The highest BCUT2D eigenvalue weighted by atomic mass is 127. The Bertz CT molecular complexity index is 874. The maximum atomic E-state index is 10.8. The molecular weight excluding hydrogens is 459 g/mol. The number of rotatable bonds is 4. The van der Waals surface area contributed by atoms with E-state index < -0.39 is 41.5 Å². The summed E-state index contributed by atoms with van der Waals surface area (Å²) in [6, 6.07) is 0. The Balaban J connectivity index is 1.90. The van der Waals surface area contributed by atoms with Gasteiger partial charge in [0.1, 0.15) is 23.8 Å². The lowest BCUT2D eigenvalue weighted by atomic mass is 10.1. The predicted octanol–water partition coefficient (Wildman–Crippen LogP) is -2.15. The molecule has 3 heterocycles. The number of nitrogens with two attached hydrogens (primary N) is 2. The topological polar surface area (TPSA) is 189 Å². The number of nitrogen functional groups attached to an aromatic ring is 1. The van der Waals surface area contributed by atoms with Crippen LogP contribution in [0.25, 0.3) is 11.2 Å². The average molecular weight is 472 g/mol. The molecule has 2 aromatic heterocycles. The smallest absolute Gasteiger partial charge is 0.333 e. The van der Waals surface area contributed by atoms with Crippen LogP contribution in [0, 0.1) is 3.83 Å². The van der Waals surface area contributed by atoms with Crippen LogP contribution >= 0.6 is 22.6 Å². The van der Waals surface area contributed by atoms with Crippen LogP contribution in [0.3, 0.4) is 0 Å². The van der Waals surface area contributed by atoms with E-state index in [1.54, 1.807) is 0 Å². The van der Waals surface area contributed by atoms with E-state index in [9.17, 15) is 18.6 Å². The van der Waals surface area contributed by atoms with Crippen LogP contribution in [-0.2, 0) is 19.2 Å². The van der Waals surface area contributed by atoms with E-state index in [4.69, 9.17) is 15.6 Å². The fraction of sp³-hybridized carbons (Fsp3) is 0.500. The van der Waals surface area contributed by atoms with Crippen LogP contribution in [0.15, 0.2) is 6.33 Å². The van der Waals surface area contributed by atoms with Crippen molar-refractivity contribution in [2.24, 2.45) is 5.14 Å². The van der Waals surface area contributed by atoms with Crippen molar-refractivity contribution in [3.05, 3.63) is 10.2 Å². The summed E-state index contributed by atoms with van der Waals surface area (Å²) in [7, 11) is -4.20. The van der Waals surface area contributed by atoms with Gasteiger partial charge in [-0.05, 0) is 0 Å². The maximum Gasteiger partial charge on any atom is 0.333 e. The molecule has 1 saturated heterocycles. The molecule has 6 N–H and O–H groups in total. The molecule has 0 radical (unpaired) electrons. The van der Waals surface area contributed by atoms with Crippen LogP contribution in [0.1, 0.15) is 6.23 Å². The molecule has 4 atom stereocenters. The molecule has 0 aromatic carbocycles. The molecule has 1 aliphatic rings. The van der Waals surface area contributed by atoms with Crippen molar-refractivity contribution < 1.29 is 27.6 Å². The summed E-state index contributed by atoms with van der Waals surface area (Å²) in [5.74, 6) is 0.158. The molecule has 0 amide bonds. The van der Waals surface area contributed by atoms with Gasteiger partial charge < -0.3 is 20.7 Å². The molecule has 0 spiro atoms. The number of anilines is 1. The van der Waals surface area contributed by atoms with Crippen molar-refractivity contribution in [2.75, 3.05) is 12.3 Å². The van der Waals surface area contributed by atoms with Crippen molar-refractivity contribution in [1.29, 1.82) is 0 Å². The van der Waals surface area contributed by atoms with Crippen LogP contribution < -0.4 is 10.9 Å². The number of halogens is 1. The molecular formula is C10H13IN6O6S. The molecule has 0 bridgehead atoms. The first kappa shape index (κ1) is 17.6. The first-order valence-electron chi connectivity index (χ1n) is 6.51. The quantitative estimate of drug-likeness (QED) is 0.282. The Labute approximate surface area is 149 Å². The Kier molecular flexibility index (Phi) is 4.62. The summed E-state index contributed by atoms with van der Waals surface area (Å²) in [5, 5.41) is 24.9. The number of aliphatic hydroxyl groups is 2. The Morgan fingerprint density at radius 1 is 1.38 bits per heavy atom. The van der Waals surface area contributed by atoms with E-state index in [2.05, 4.69) is 19.1 Å². The van der Waals surface area contributed by atoms with Crippen LogP contribution in [0.5, 0.6) is 0 Å².